The van der Waals surface area contributed by atoms with Crippen LogP contribution in [0, 0.1) is 34.8 Å². The van der Waals surface area contributed by atoms with Crippen LogP contribution < -0.4 is 5.73 Å². The van der Waals surface area contributed by atoms with Crippen molar-refractivity contribution in [1.82, 2.24) is 9.21 Å². The molecule has 10 heteroatoms. The Morgan fingerprint density at radius 3 is 2.29 bits per heavy atom. The smallest absolute Gasteiger partial charge is 0.243 e. The van der Waals surface area contributed by atoms with Gasteiger partial charge in [0.25, 0.3) is 0 Å². The van der Waals surface area contributed by atoms with Gasteiger partial charge in [-0.1, -0.05) is 0 Å². The van der Waals surface area contributed by atoms with Gasteiger partial charge in [-0.3, -0.25) is 4.79 Å². The lowest BCUT2D eigenvalue weighted by Crippen LogP contribution is -2.55. The summed E-state index contributed by atoms with van der Waals surface area (Å²) < 4.78 is 54.9. The first kappa shape index (κ1) is 20.8. The number of sulfonamides is 1. The molecule has 1 aromatic rings. The fraction of sp³-hybridized carbons (Fsp3) is 0.619. The zero-order valence-electron chi connectivity index (χ0n) is 16.8. The first-order valence-electron chi connectivity index (χ1n) is 10.7. The van der Waals surface area contributed by atoms with Crippen LogP contribution in [0.3, 0.4) is 0 Å². The van der Waals surface area contributed by atoms with Gasteiger partial charge in [-0.2, -0.15) is 9.57 Å². The van der Waals surface area contributed by atoms with E-state index in [1.165, 1.54) is 4.31 Å². The van der Waals surface area contributed by atoms with Gasteiger partial charge < -0.3 is 10.6 Å². The Bertz CT molecular complexity index is 1040. The SMILES string of the molecule is N#CC1CC2CC2N1C(=O)C(N)C1CC2CCC(C1)N2S(=O)(=O)c1cc(F)cc(F)c1. The van der Waals surface area contributed by atoms with E-state index in [-0.39, 0.29) is 30.0 Å². The second-order valence-corrected chi connectivity index (χ2v) is 11.1. The molecule has 1 saturated carbocycles. The summed E-state index contributed by atoms with van der Waals surface area (Å²) in [6, 6.07) is 2.68. The predicted molar refractivity (Wildman–Crippen MR) is 106 cm³/mol. The highest BCUT2D eigenvalue weighted by Crippen LogP contribution is 2.49. The largest absolute Gasteiger partial charge is 0.322 e. The maximum atomic E-state index is 13.6. The third-order valence-electron chi connectivity index (χ3n) is 7.41. The average Bonchev–Trinajstić information content (AvgIpc) is 3.30. The number of carbonyl (C=O) groups excluding carboxylic acids is 1. The molecule has 3 aliphatic heterocycles. The third kappa shape index (κ3) is 3.34. The Balaban J connectivity index is 1.34. The molecular weight excluding hydrogens is 426 g/mol. The summed E-state index contributed by atoms with van der Waals surface area (Å²) >= 11 is 0. The molecule has 3 heterocycles. The van der Waals surface area contributed by atoms with Crippen molar-refractivity contribution in [3.05, 3.63) is 29.8 Å². The van der Waals surface area contributed by atoms with Crippen molar-refractivity contribution in [2.75, 3.05) is 0 Å². The minimum absolute atomic E-state index is 0.114. The number of amides is 1. The van der Waals surface area contributed by atoms with Crippen molar-refractivity contribution >= 4 is 15.9 Å². The number of nitrogens with zero attached hydrogens (tertiary/aromatic N) is 3. The normalized spacial score (nSPS) is 35.5. The van der Waals surface area contributed by atoms with Crippen LogP contribution in [0.2, 0.25) is 0 Å². The molecule has 31 heavy (non-hydrogen) atoms. The number of piperidine rings is 2. The van der Waals surface area contributed by atoms with Crippen molar-refractivity contribution in [3.63, 3.8) is 0 Å². The number of nitriles is 1. The second kappa shape index (κ2) is 7.22. The highest BCUT2D eigenvalue weighted by molar-refractivity contribution is 7.89. The van der Waals surface area contributed by atoms with E-state index in [0.717, 1.165) is 18.6 Å². The third-order valence-corrected chi connectivity index (χ3v) is 9.40. The van der Waals surface area contributed by atoms with E-state index >= 15 is 0 Å². The molecule has 0 spiro atoms. The zero-order valence-corrected chi connectivity index (χ0v) is 17.6. The predicted octanol–water partition coefficient (Wildman–Crippen LogP) is 1.74. The Labute approximate surface area is 179 Å². The molecule has 1 aliphatic carbocycles. The van der Waals surface area contributed by atoms with Crippen LogP contribution in [0.25, 0.3) is 0 Å². The lowest BCUT2D eigenvalue weighted by atomic mass is 9.85. The van der Waals surface area contributed by atoms with Crippen LogP contribution in [0.15, 0.2) is 23.1 Å². The number of carbonyl (C=O) groups is 1. The van der Waals surface area contributed by atoms with Gasteiger partial charge in [0.15, 0.2) is 0 Å². The molecule has 2 bridgehead atoms. The standard InChI is InChI=1S/C21H24F2N4O3S/c22-13-7-14(23)9-18(8-13)31(29,30)27-15-1-2-16(27)5-12(4-15)20(25)21(28)26-17(10-24)3-11-6-19(11)26/h7-9,11-12,15-17,19-20H,1-6,25H2. The summed E-state index contributed by atoms with van der Waals surface area (Å²) in [6.07, 6.45) is 3.69. The highest BCUT2D eigenvalue weighted by Gasteiger charge is 2.56. The van der Waals surface area contributed by atoms with Crippen molar-refractivity contribution < 1.29 is 22.0 Å². The average molecular weight is 451 g/mol. The first-order chi connectivity index (χ1) is 14.7. The molecule has 2 N–H and O–H groups in total. The fourth-order valence-corrected chi connectivity index (χ4v) is 7.86. The minimum atomic E-state index is -4.07. The first-order valence-corrected chi connectivity index (χ1v) is 12.1. The van der Waals surface area contributed by atoms with E-state index in [4.69, 9.17) is 5.73 Å². The summed E-state index contributed by atoms with van der Waals surface area (Å²) in [7, 11) is -4.07. The molecule has 1 amide bonds. The number of hydrogen-bond acceptors (Lipinski definition) is 5. The fourth-order valence-electron chi connectivity index (χ4n) is 5.92. The number of benzene rings is 1. The molecule has 7 nitrogen and oxygen atoms in total. The number of halogens is 2. The van der Waals surface area contributed by atoms with E-state index in [9.17, 15) is 27.3 Å². The van der Waals surface area contributed by atoms with Crippen molar-refractivity contribution in [1.29, 1.82) is 5.26 Å². The van der Waals surface area contributed by atoms with Crippen molar-refractivity contribution in [2.45, 2.75) is 73.6 Å². The molecule has 166 valence electrons. The lowest BCUT2D eigenvalue weighted by molar-refractivity contribution is -0.135. The van der Waals surface area contributed by atoms with Crippen LogP contribution in [0.5, 0.6) is 0 Å². The van der Waals surface area contributed by atoms with Gasteiger partial charge in [0.05, 0.1) is 17.0 Å². The molecule has 0 aromatic heterocycles. The Morgan fingerprint density at radius 2 is 1.71 bits per heavy atom. The Hall–Kier alpha value is -2.09. The van der Waals surface area contributed by atoms with Gasteiger partial charge in [-0.05, 0) is 62.5 Å². The number of likely N-dealkylation sites (tertiary alicyclic amines) is 1. The number of nitrogens with two attached hydrogens (primary N) is 1. The van der Waals surface area contributed by atoms with Gasteiger partial charge >= 0.3 is 0 Å². The molecule has 4 fully saturated rings. The molecule has 1 aromatic carbocycles. The summed E-state index contributed by atoms with van der Waals surface area (Å²) in [4.78, 5) is 14.3. The Kier molecular flexibility index (Phi) is 4.84. The minimum Gasteiger partial charge on any atom is -0.322 e. The summed E-state index contributed by atoms with van der Waals surface area (Å²) in [5, 5.41) is 9.37. The maximum Gasteiger partial charge on any atom is 0.243 e. The van der Waals surface area contributed by atoms with Gasteiger partial charge in [0, 0.05) is 24.2 Å². The molecular formula is C21H24F2N4O3S. The summed E-state index contributed by atoms with van der Waals surface area (Å²) in [5.74, 6) is -1.90. The van der Waals surface area contributed by atoms with Crippen LogP contribution >= 0.6 is 0 Å². The topological polar surface area (TPSA) is 108 Å². The lowest BCUT2D eigenvalue weighted by Gasteiger charge is -2.40. The van der Waals surface area contributed by atoms with Crippen molar-refractivity contribution in [3.8, 4) is 6.07 Å². The number of hydrogen-bond donors (Lipinski definition) is 1. The highest BCUT2D eigenvalue weighted by atomic mass is 32.2. The maximum absolute atomic E-state index is 13.6. The van der Waals surface area contributed by atoms with E-state index in [1.54, 1.807) is 4.90 Å². The van der Waals surface area contributed by atoms with E-state index in [0.29, 0.717) is 44.1 Å². The van der Waals surface area contributed by atoms with Crippen LogP contribution in [0.1, 0.15) is 38.5 Å². The molecule has 6 unspecified atom stereocenters. The van der Waals surface area contributed by atoms with Gasteiger partial charge in [-0.25, -0.2) is 17.2 Å². The number of fused-ring (bicyclic) bond motifs is 3. The van der Waals surface area contributed by atoms with Gasteiger partial charge in [0.2, 0.25) is 15.9 Å². The molecule has 0 radical (unpaired) electrons. The van der Waals surface area contributed by atoms with E-state index < -0.39 is 38.6 Å². The quantitative estimate of drug-likeness (QED) is 0.752. The Morgan fingerprint density at radius 1 is 1.10 bits per heavy atom. The van der Waals surface area contributed by atoms with Gasteiger partial charge in [0.1, 0.15) is 17.7 Å². The molecule has 6 atom stereocenters. The van der Waals surface area contributed by atoms with Gasteiger partial charge in [-0.15, -0.1) is 0 Å². The van der Waals surface area contributed by atoms with Crippen molar-refractivity contribution in [2.24, 2.45) is 17.6 Å². The summed E-state index contributed by atoms with van der Waals surface area (Å²) in [5.41, 5.74) is 6.36. The monoisotopic (exact) mass is 450 g/mol. The van der Waals surface area contributed by atoms with Crippen LogP contribution in [-0.2, 0) is 14.8 Å². The van der Waals surface area contributed by atoms with E-state index in [1.807, 2.05) is 0 Å². The van der Waals surface area contributed by atoms with Crippen LogP contribution in [-0.4, -0.2) is 53.7 Å². The zero-order chi connectivity index (χ0) is 22.1. The van der Waals surface area contributed by atoms with Crippen LogP contribution in [0.4, 0.5) is 8.78 Å². The molecule has 5 rings (SSSR count). The van der Waals surface area contributed by atoms with E-state index in [2.05, 4.69) is 6.07 Å². The number of rotatable bonds is 4. The second-order valence-electron chi connectivity index (χ2n) is 9.27. The molecule has 4 aliphatic rings. The molecule has 3 saturated heterocycles. The summed E-state index contributed by atoms with van der Waals surface area (Å²) in [6.45, 7) is 0.